The van der Waals surface area contributed by atoms with Crippen LogP contribution in [0, 0.1) is 11.8 Å². The minimum Gasteiger partial charge on any atom is -0.493 e. The second-order valence-corrected chi connectivity index (χ2v) is 5.15. The first-order valence-corrected chi connectivity index (χ1v) is 6.40. The molecule has 0 saturated heterocycles. The molecule has 0 heterocycles. The van der Waals surface area contributed by atoms with Gasteiger partial charge in [0.15, 0.2) is 6.29 Å². The van der Waals surface area contributed by atoms with Crippen molar-refractivity contribution >= 4 is 28.2 Å². The molecular formula is C13H13BrO4. The second kappa shape index (κ2) is 5.52. The molecule has 1 aliphatic rings. The third-order valence-corrected chi connectivity index (χ3v) is 3.47. The van der Waals surface area contributed by atoms with Crippen molar-refractivity contribution in [3.8, 4) is 5.75 Å². The van der Waals surface area contributed by atoms with E-state index < -0.39 is 0 Å². The Kier molecular flexibility index (Phi) is 4.01. The summed E-state index contributed by atoms with van der Waals surface area (Å²) in [6, 6.07) is 5.25. The molecular weight excluding hydrogens is 300 g/mol. The molecule has 18 heavy (non-hydrogen) atoms. The Labute approximate surface area is 113 Å². The van der Waals surface area contributed by atoms with E-state index in [0.717, 1.165) is 17.2 Å². The van der Waals surface area contributed by atoms with E-state index in [9.17, 15) is 9.59 Å². The molecule has 4 nitrogen and oxygen atoms in total. The summed E-state index contributed by atoms with van der Waals surface area (Å²) in [5, 5.41) is 0. The molecule has 0 amide bonds. The molecule has 2 rings (SSSR count). The smallest absolute Gasteiger partial charge is 0.309 e. The summed E-state index contributed by atoms with van der Waals surface area (Å²) in [5.74, 6) is 0.504. The summed E-state index contributed by atoms with van der Waals surface area (Å²) in [6.45, 7) is 0.433. The van der Waals surface area contributed by atoms with Crippen LogP contribution in [-0.4, -0.2) is 26.0 Å². The van der Waals surface area contributed by atoms with Gasteiger partial charge in [0.05, 0.1) is 25.2 Å². The van der Waals surface area contributed by atoms with E-state index in [0.29, 0.717) is 17.9 Å². The first kappa shape index (κ1) is 13.1. The molecule has 1 fully saturated rings. The summed E-state index contributed by atoms with van der Waals surface area (Å²) in [7, 11) is 1.39. The van der Waals surface area contributed by atoms with Gasteiger partial charge in [0, 0.05) is 10.4 Å². The van der Waals surface area contributed by atoms with Gasteiger partial charge in [0.25, 0.3) is 0 Å². The van der Waals surface area contributed by atoms with Crippen molar-refractivity contribution in [2.75, 3.05) is 13.7 Å². The molecule has 0 aromatic heterocycles. The predicted octanol–water partition coefficient (Wildman–Crippen LogP) is 2.45. The lowest BCUT2D eigenvalue weighted by atomic mass is 10.2. The monoisotopic (exact) mass is 312 g/mol. The largest absolute Gasteiger partial charge is 0.493 e. The van der Waals surface area contributed by atoms with Gasteiger partial charge in [-0.2, -0.15) is 0 Å². The Morgan fingerprint density at radius 3 is 3.00 bits per heavy atom. The van der Waals surface area contributed by atoms with Crippen LogP contribution >= 0.6 is 15.9 Å². The van der Waals surface area contributed by atoms with Crippen LogP contribution in [0.2, 0.25) is 0 Å². The van der Waals surface area contributed by atoms with Crippen molar-refractivity contribution in [1.82, 2.24) is 0 Å². The number of benzene rings is 1. The van der Waals surface area contributed by atoms with Crippen LogP contribution in [0.4, 0.5) is 0 Å². The molecule has 2 atom stereocenters. The summed E-state index contributed by atoms with van der Waals surface area (Å²) < 4.78 is 11.1. The molecule has 0 spiro atoms. The van der Waals surface area contributed by atoms with Crippen molar-refractivity contribution in [3.05, 3.63) is 28.2 Å². The number of esters is 1. The van der Waals surface area contributed by atoms with Gasteiger partial charge >= 0.3 is 5.97 Å². The number of rotatable bonds is 5. The molecule has 96 valence electrons. The molecule has 2 unspecified atom stereocenters. The highest BCUT2D eigenvalue weighted by Gasteiger charge is 2.44. The van der Waals surface area contributed by atoms with E-state index in [1.165, 1.54) is 7.11 Å². The molecule has 5 heteroatoms. The molecule has 1 aromatic rings. The van der Waals surface area contributed by atoms with E-state index in [1.54, 1.807) is 12.1 Å². The fourth-order valence-electron chi connectivity index (χ4n) is 1.81. The number of methoxy groups -OCH3 is 1. The summed E-state index contributed by atoms with van der Waals surface area (Å²) >= 11 is 3.29. The van der Waals surface area contributed by atoms with Gasteiger partial charge in [0.2, 0.25) is 0 Å². The average Bonchev–Trinajstić information content (AvgIpc) is 3.15. The molecule has 0 bridgehead atoms. The predicted molar refractivity (Wildman–Crippen MR) is 68.6 cm³/mol. The molecule has 1 aliphatic carbocycles. The van der Waals surface area contributed by atoms with Crippen molar-refractivity contribution in [2.24, 2.45) is 11.8 Å². The number of halogens is 1. The maximum Gasteiger partial charge on any atom is 0.309 e. The summed E-state index contributed by atoms with van der Waals surface area (Å²) in [5.41, 5.74) is 0.500. The van der Waals surface area contributed by atoms with Crippen LogP contribution in [0.5, 0.6) is 5.75 Å². The SMILES string of the molecule is COC(=O)C1CC1COc1ccc(Br)cc1C=O. The van der Waals surface area contributed by atoms with Crippen molar-refractivity contribution in [3.63, 3.8) is 0 Å². The molecule has 0 N–H and O–H groups in total. The maximum absolute atomic E-state index is 11.2. The Balaban J connectivity index is 1.92. The van der Waals surface area contributed by atoms with Gasteiger partial charge in [-0.25, -0.2) is 0 Å². The molecule has 0 radical (unpaired) electrons. The van der Waals surface area contributed by atoms with E-state index in [4.69, 9.17) is 4.74 Å². The molecule has 0 aliphatic heterocycles. The third kappa shape index (κ3) is 2.90. The average molecular weight is 313 g/mol. The number of hydrogen-bond acceptors (Lipinski definition) is 4. The van der Waals surface area contributed by atoms with Crippen LogP contribution < -0.4 is 4.74 Å². The fraction of sp³-hybridized carbons (Fsp3) is 0.385. The lowest BCUT2D eigenvalue weighted by molar-refractivity contribution is -0.142. The van der Waals surface area contributed by atoms with Crippen LogP contribution in [0.15, 0.2) is 22.7 Å². The van der Waals surface area contributed by atoms with Gasteiger partial charge in [-0.15, -0.1) is 0 Å². The van der Waals surface area contributed by atoms with Crippen molar-refractivity contribution in [1.29, 1.82) is 0 Å². The zero-order chi connectivity index (χ0) is 13.1. The minimum atomic E-state index is -0.185. The van der Waals surface area contributed by atoms with E-state index in [-0.39, 0.29) is 17.8 Å². The van der Waals surface area contributed by atoms with Crippen molar-refractivity contribution < 1.29 is 19.1 Å². The number of carbonyl (C=O) groups excluding carboxylic acids is 2. The van der Waals surface area contributed by atoms with Crippen LogP contribution in [0.1, 0.15) is 16.8 Å². The Morgan fingerprint density at radius 2 is 2.33 bits per heavy atom. The minimum absolute atomic E-state index is 0.0508. The fourth-order valence-corrected chi connectivity index (χ4v) is 2.19. The lowest BCUT2D eigenvalue weighted by Crippen LogP contribution is -2.09. The Morgan fingerprint density at radius 1 is 1.56 bits per heavy atom. The highest BCUT2D eigenvalue weighted by Crippen LogP contribution is 2.39. The lowest BCUT2D eigenvalue weighted by Gasteiger charge is -2.08. The second-order valence-electron chi connectivity index (χ2n) is 4.24. The zero-order valence-corrected chi connectivity index (χ0v) is 11.5. The van der Waals surface area contributed by atoms with Gasteiger partial charge < -0.3 is 9.47 Å². The van der Waals surface area contributed by atoms with Gasteiger partial charge in [-0.05, 0) is 24.6 Å². The van der Waals surface area contributed by atoms with Crippen LogP contribution in [-0.2, 0) is 9.53 Å². The van der Waals surface area contributed by atoms with E-state index in [2.05, 4.69) is 20.7 Å². The molecule has 1 saturated carbocycles. The van der Waals surface area contributed by atoms with Gasteiger partial charge in [-0.1, -0.05) is 15.9 Å². The zero-order valence-electron chi connectivity index (χ0n) is 9.89. The maximum atomic E-state index is 11.2. The number of ether oxygens (including phenoxy) is 2. The summed E-state index contributed by atoms with van der Waals surface area (Å²) in [4.78, 5) is 22.1. The highest BCUT2D eigenvalue weighted by molar-refractivity contribution is 9.10. The first-order chi connectivity index (χ1) is 8.65. The quantitative estimate of drug-likeness (QED) is 0.619. The number of aldehydes is 1. The Bertz CT molecular complexity index is 472. The van der Waals surface area contributed by atoms with Crippen LogP contribution in [0.25, 0.3) is 0 Å². The first-order valence-electron chi connectivity index (χ1n) is 5.61. The summed E-state index contributed by atoms with van der Waals surface area (Å²) in [6.07, 6.45) is 1.55. The topological polar surface area (TPSA) is 52.6 Å². The van der Waals surface area contributed by atoms with Crippen LogP contribution in [0.3, 0.4) is 0 Å². The van der Waals surface area contributed by atoms with E-state index in [1.807, 2.05) is 6.07 Å². The number of hydrogen-bond donors (Lipinski definition) is 0. The normalized spacial score (nSPS) is 21.2. The molecule has 1 aromatic carbocycles. The van der Waals surface area contributed by atoms with Gasteiger partial charge in [0.1, 0.15) is 5.75 Å². The highest BCUT2D eigenvalue weighted by atomic mass is 79.9. The standard InChI is InChI=1S/C13H13BrO4/c1-17-13(16)11-5-9(11)7-18-12-3-2-10(14)4-8(12)6-15/h2-4,6,9,11H,5,7H2,1H3. The Hall–Kier alpha value is -1.36. The third-order valence-electron chi connectivity index (χ3n) is 2.98. The van der Waals surface area contributed by atoms with E-state index >= 15 is 0 Å². The van der Waals surface area contributed by atoms with Crippen molar-refractivity contribution in [2.45, 2.75) is 6.42 Å². The van der Waals surface area contributed by atoms with Gasteiger partial charge in [-0.3, -0.25) is 9.59 Å². The number of carbonyl (C=O) groups is 2.